The lowest BCUT2D eigenvalue weighted by Gasteiger charge is -2.45. The molecule has 118 valence electrons. The van der Waals surface area contributed by atoms with Crippen molar-refractivity contribution in [3.63, 3.8) is 0 Å². The van der Waals surface area contributed by atoms with E-state index < -0.39 is 36.2 Å². The van der Waals surface area contributed by atoms with Crippen LogP contribution >= 0.6 is 0 Å². The largest absolute Gasteiger partial charge is 0.423 e. The Balaban J connectivity index is 2.44. The molecule has 1 aliphatic carbocycles. The van der Waals surface area contributed by atoms with Gasteiger partial charge in [-0.3, -0.25) is 4.98 Å². The number of pyridine rings is 1. The Morgan fingerprint density at radius 1 is 1.10 bits per heavy atom. The van der Waals surface area contributed by atoms with Crippen LogP contribution in [0.3, 0.4) is 0 Å². The molecule has 0 radical (unpaired) electrons. The summed E-state index contributed by atoms with van der Waals surface area (Å²) in [7, 11) is 0. The van der Waals surface area contributed by atoms with Crippen molar-refractivity contribution >= 4 is 0 Å². The van der Waals surface area contributed by atoms with Gasteiger partial charge in [0.2, 0.25) is 5.60 Å². The smallest absolute Gasteiger partial charge is 0.350 e. The molecule has 1 fully saturated rings. The minimum atomic E-state index is -4.97. The number of nitrogens with zero attached hydrogens (tertiary/aromatic N) is 1. The van der Waals surface area contributed by atoms with Gasteiger partial charge < -0.3 is 4.74 Å². The monoisotopic (exact) mass is 313 g/mol. The van der Waals surface area contributed by atoms with Crippen LogP contribution in [0.2, 0.25) is 0 Å². The molecule has 2 nitrogen and oxygen atoms in total. The second-order valence-corrected chi connectivity index (χ2v) is 4.98. The van der Waals surface area contributed by atoms with Gasteiger partial charge in [-0.15, -0.1) is 0 Å². The maximum Gasteiger partial charge on any atom is 0.423 e. The van der Waals surface area contributed by atoms with Gasteiger partial charge in [-0.05, 0) is 25.0 Å². The topological polar surface area (TPSA) is 22.1 Å². The summed E-state index contributed by atoms with van der Waals surface area (Å²) in [5.41, 5.74) is -3.52. The first-order chi connectivity index (χ1) is 9.67. The van der Waals surface area contributed by atoms with Crippen LogP contribution in [0.1, 0.15) is 25.0 Å². The van der Waals surface area contributed by atoms with Gasteiger partial charge >= 0.3 is 12.4 Å². The Labute approximate surface area is 117 Å². The lowest BCUT2D eigenvalue weighted by Crippen LogP contribution is -2.54. The fraction of sp³-hybridized carbons (Fsp3) is 0.615. The van der Waals surface area contributed by atoms with Crippen LogP contribution in [0.4, 0.5) is 26.3 Å². The molecule has 1 heterocycles. The maximum atomic E-state index is 13.6. The van der Waals surface area contributed by atoms with E-state index in [-0.39, 0.29) is 12.8 Å². The molecule has 1 unspecified atom stereocenters. The minimum absolute atomic E-state index is 0.161. The number of aromatic nitrogens is 1. The molecule has 0 bridgehead atoms. The van der Waals surface area contributed by atoms with Crippen molar-refractivity contribution in [3.05, 3.63) is 30.1 Å². The zero-order chi connectivity index (χ0) is 15.7. The predicted molar refractivity (Wildman–Crippen MR) is 61.3 cm³/mol. The molecule has 2 rings (SSSR count). The summed E-state index contributed by atoms with van der Waals surface area (Å²) >= 11 is 0. The Hall–Kier alpha value is -1.31. The van der Waals surface area contributed by atoms with E-state index in [1.165, 1.54) is 12.1 Å². The molecule has 1 saturated carbocycles. The van der Waals surface area contributed by atoms with Crippen molar-refractivity contribution in [3.8, 4) is 0 Å². The maximum absolute atomic E-state index is 13.6. The average Bonchev–Trinajstić information content (AvgIpc) is 2.30. The first kappa shape index (κ1) is 16.1. The fourth-order valence-electron chi connectivity index (χ4n) is 2.45. The quantitative estimate of drug-likeness (QED) is 0.777. The van der Waals surface area contributed by atoms with E-state index in [2.05, 4.69) is 9.72 Å². The number of halogens is 6. The van der Waals surface area contributed by atoms with Crippen molar-refractivity contribution in [2.24, 2.45) is 5.92 Å². The van der Waals surface area contributed by atoms with Gasteiger partial charge in [-0.25, -0.2) is 0 Å². The number of ether oxygens (including phenoxy) is 1. The van der Waals surface area contributed by atoms with Crippen LogP contribution < -0.4 is 0 Å². The van der Waals surface area contributed by atoms with Crippen LogP contribution in [0.5, 0.6) is 0 Å². The standard InChI is InChI=1S/C13H13F6NO/c14-11(15,16)8-21-12(13(17,18)19,9-4-3-5-9)10-6-1-2-7-20-10/h1-2,6-7,9H,3-5,8H2. The molecule has 1 aliphatic rings. The Kier molecular flexibility index (Phi) is 4.19. The summed E-state index contributed by atoms with van der Waals surface area (Å²) < 4.78 is 82.2. The van der Waals surface area contributed by atoms with Crippen molar-refractivity contribution in [1.82, 2.24) is 4.98 Å². The second kappa shape index (κ2) is 5.47. The number of hydrogen-bond acceptors (Lipinski definition) is 2. The summed E-state index contributed by atoms with van der Waals surface area (Å²) in [6.07, 6.45) is -7.84. The third-order valence-corrected chi connectivity index (χ3v) is 3.61. The number of rotatable bonds is 4. The molecule has 1 aromatic heterocycles. The van der Waals surface area contributed by atoms with Crippen molar-refractivity contribution in [2.75, 3.05) is 6.61 Å². The summed E-state index contributed by atoms with van der Waals surface area (Å²) in [5.74, 6) is -1.05. The number of alkyl halides is 6. The zero-order valence-electron chi connectivity index (χ0n) is 10.8. The van der Waals surface area contributed by atoms with E-state index in [0.717, 1.165) is 12.3 Å². The number of hydrogen-bond donors (Lipinski definition) is 0. The summed E-state index contributed by atoms with van der Waals surface area (Å²) in [6, 6.07) is 3.76. The van der Waals surface area contributed by atoms with Gasteiger partial charge in [0.15, 0.2) is 0 Å². The van der Waals surface area contributed by atoms with E-state index in [1.807, 2.05) is 0 Å². The third kappa shape index (κ3) is 3.14. The minimum Gasteiger partial charge on any atom is -0.350 e. The molecular formula is C13H13F6NO. The van der Waals surface area contributed by atoms with Gasteiger partial charge in [0, 0.05) is 12.1 Å². The highest BCUT2D eigenvalue weighted by Gasteiger charge is 2.64. The van der Waals surface area contributed by atoms with Gasteiger partial charge in [-0.2, -0.15) is 26.3 Å². The molecule has 0 aliphatic heterocycles. The van der Waals surface area contributed by atoms with Gasteiger partial charge in [0.1, 0.15) is 6.61 Å². The predicted octanol–water partition coefficient (Wildman–Crippen LogP) is 4.22. The Morgan fingerprint density at radius 3 is 2.14 bits per heavy atom. The highest BCUT2D eigenvalue weighted by molar-refractivity contribution is 5.19. The lowest BCUT2D eigenvalue weighted by molar-refractivity contribution is -0.335. The molecule has 0 saturated heterocycles. The lowest BCUT2D eigenvalue weighted by atomic mass is 9.70. The highest BCUT2D eigenvalue weighted by Crippen LogP contribution is 2.54. The molecule has 8 heteroatoms. The van der Waals surface area contributed by atoms with Crippen molar-refractivity contribution in [2.45, 2.75) is 37.2 Å². The first-order valence-electron chi connectivity index (χ1n) is 6.36. The zero-order valence-corrected chi connectivity index (χ0v) is 10.8. The molecule has 0 aromatic carbocycles. The van der Waals surface area contributed by atoms with Gasteiger partial charge in [0.25, 0.3) is 0 Å². The summed E-state index contributed by atoms with van der Waals surface area (Å²) in [5, 5.41) is 0. The summed E-state index contributed by atoms with van der Waals surface area (Å²) in [4.78, 5) is 3.61. The van der Waals surface area contributed by atoms with E-state index in [9.17, 15) is 26.3 Å². The van der Waals surface area contributed by atoms with Crippen LogP contribution in [-0.2, 0) is 10.3 Å². The normalized spacial score (nSPS) is 19.9. The summed E-state index contributed by atoms with van der Waals surface area (Å²) in [6.45, 7) is -1.96. The molecule has 0 spiro atoms. The molecule has 0 amide bonds. The van der Waals surface area contributed by atoms with E-state index in [4.69, 9.17) is 0 Å². The molecule has 1 aromatic rings. The Morgan fingerprint density at radius 2 is 1.76 bits per heavy atom. The molecular weight excluding hydrogens is 300 g/mol. The van der Waals surface area contributed by atoms with Crippen LogP contribution in [0, 0.1) is 5.92 Å². The SMILES string of the molecule is FC(F)(F)COC(c1ccccn1)(C1CCC1)C(F)(F)F. The highest BCUT2D eigenvalue weighted by atomic mass is 19.4. The average molecular weight is 313 g/mol. The molecule has 21 heavy (non-hydrogen) atoms. The van der Waals surface area contributed by atoms with E-state index in [0.29, 0.717) is 6.42 Å². The Bertz CT molecular complexity index is 468. The van der Waals surface area contributed by atoms with E-state index >= 15 is 0 Å². The van der Waals surface area contributed by atoms with Crippen LogP contribution in [-0.4, -0.2) is 23.9 Å². The van der Waals surface area contributed by atoms with E-state index in [1.54, 1.807) is 0 Å². The van der Waals surface area contributed by atoms with Crippen molar-refractivity contribution in [1.29, 1.82) is 0 Å². The first-order valence-corrected chi connectivity index (χ1v) is 6.36. The van der Waals surface area contributed by atoms with Gasteiger partial charge in [-0.1, -0.05) is 12.5 Å². The second-order valence-electron chi connectivity index (χ2n) is 4.98. The van der Waals surface area contributed by atoms with Gasteiger partial charge in [0.05, 0.1) is 5.69 Å². The molecule has 1 atom stereocenters. The fourth-order valence-corrected chi connectivity index (χ4v) is 2.45. The third-order valence-electron chi connectivity index (χ3n) is 3.61. The van der Waals surface area contributed by atoms with Crippen molar-refractivity contribution < 1.29 is 31.1 Å². The van der Waals surface area contributed by atoms with Crippen LogP contribution in [0.25, 0.3) is 0 Å². The molecule has 0 N–H and O–H groups in total. The van der Waals surface area contributed by atoms with Crippen LogP contribution in [0.15, 0.2) is 24.4 Å².